The number of rotatable bonds is 7. The number of carbonyl (C=O) groups is 2. The second-order valence-electron chi connectivity index (χ2n) is 6.82. The molecule has 2 heterocycles. The third-order valence-corrected chi connectivity index (χ3v) is 5.15. The maximum Gasteiger partial charge on any atom is 0.355 e. The van der Waals surface area contributed by atoms with E-state index in [1.807, 2.05) is 44.2 Å². The molecule has 6 heteroatoms. The van der Waals surface area contributed by atoms with Gasteiger partial charge in [0.25, 0.3) is 0 Å². The summed E-state index contributed by atoms with van der Waals surface area (Å²) in [5.41, 5.74) is 4.07. The molecule has 2 aromatic heterocycles. The first-order valence-electron chi connectivity index (χ1n) is 9.09. The van der Waals surface area contributed by atoms with Crippen LogP contribution in [-0.4, -0.2) is 27.5 Å². The smallest absolute Gasteiger partial charge is 0.355 e. The van der Waals surface area contributed by atoms with E-state index in [0.29, 0.717) is 11.3 Å². The lowest BCUT2D eigenvalue weighted by Gasteiger charge is -2.10. The van der Waals surface area contributed by atoms with Crippen LogP contribution in [0.1, 0.15) is 37.8 Å². The highest BCUT2D eigenvalue weighted by Crippen LogP contribution is 2.18. The monoisotopic (exact) mass is 398 g/mol. The molecule has 28 heavy (non-hydrogen) atoms. The van der Waals surface area contributed by atoms with E-state index in [1.54, 1.807) is 29.9 Å². The average molecular weight is 399 g/mol. The number of halogens is 1. The van der Waals surface area contributed by atoms with Crippen LogP contribution in [0.3, 0.4) is 0 Å². The van der Waals surface area contributed by atoms with Crippen LogP contribution in [0.4, 0.5) is 0 Å². The third-order valence-electron chi connectivity index (χ3n) is 4.90. The average Bonchev–Trinajstić information content (AvgIpc) is 3.22. The van der Waals surface area contributed by atoms with Gasteiger partial charge in [-0.3, -0.25) is 4.79 Å². The number of carbonyl (C=O) groups excluding carboxylic acids is 2. The number of esters is 1. The number of benzene rings is 1. The largest absolute Gasteiger partial charge is 0.453 e. The van der Waals surface area contributed by atoms with Crippen LogP contribution in [-0.2, 0) is 24.8 Å². The number of Topliss-reactive ketones (excluding diaryl/α,β-unsaturated/α-hetero) is 1. The lowest BCUT2D eigenvalue weighted by Crippen LogP contribution is -2.17. The van der Waals surface area contributed by atoms with Gasteiger partial charge in [-0.05, 0) is 56.2 Å². The van der Waals surface area contributed by atoms with E-state index < -0.39 is 5.97 Å². The van der Waals surface area contributed by atoms with Crippen molar-refractivity contribution < 1.29 is 14.3 Å². The van der Waals surface area contributed by atoms with Gasteiger partial charge in [-0.2, -0.15) is 0 Å². The van der Waals surface area contributed by atoms with Crippen LogP contribution in [0, 0.1) is 13.8 Å². The molecule has 3 rings (SSSR count). The molecule has 0 atom stereocenters. The molecule has 0 bridgehead atoms. The molecule has 0 radical (unpaired) electrons. The van der Waals surface area contributed by atoms with E-state index >= 15 is 0 Å². The van der Waals surface area contributed by atoms with Crippen molar-refractivity contribution in [1.29, 1.82) is 0 Å². The maximum absolute atomic E-state index is 12.6. The zero-order valence-electron chi connectivity index (χ0n) is 16.2. The van der Waals surface area contributed by atoms with E-state index in [0.717, 1.165) is 29.4 Å². The van der Waals surface area contributed by atoms with E-state index in [-0.39, 0.29) is 12.4 Å². The van der Waals surface area contributed by atoms with Gasteiger partial charge in [0.1, 0.15) is 5.69 Å². The van der Waals surface area contributed by atoms with Crippen molar-refractivity contribution in [3.05, 3.63) is 81.9 Å². The summed E-state index contributed by atoms with van der Waals surface area (Å²) in [6, 6.07) is 13.0. The van der Waals surface area contributed by atoms with Gasteiger partial charge in [0, 0.05) is 41.8 Å². The Labute approximate surface area is 169 Å². The Kier molecular flexibility index (Phi) is 6.05. The Morgan fingerprint density at radius 3 is 2.46 bits per heavy atom. The fourth-order valence-corrected chi connectivity index (χ4v) is 3.40. The molecule has 0 aliphatic heterocycles. The highest BCUT2D eigenvalue weighted by molar-refractivity contribution is 6.30. The Morgan fingerprint density at radius 2 is 1.82 bits per heavy atom. The summed E-state index contributed by atoms with van der Waals surface area (Å²) >= 11 is 5.93. The summed E-state index contributed by atoms with van der Waals surface area (Å²) in [6.07, 6.45) is 2.59. The zero-order chi connectivity index (χ0) is 20.3. The van der Waals surface area contributed by atoms with Crippen molar-refractivity contribution in [2.45, 2.75) is 26.8 Å². The van der Waals surface area contributed by atoms with Crippen LogP contribution in [0.5, 0.6) is 0 Å². The van der Waals surface area contributed by atoms with Gasteiger partial charge in [0.05, 0.1) is 0 Å². The fraction of sp³-hybridized carbons (Fsp3) is 0.273. The summed E-state index contributed by atoms with van der Waals surface area (Å²) in [4.78, 5) is 24.7. The summed E-state index contributed by atoms with van der Waals surface area (Å²) in [7, 11) is 1.76. The van der Waals surface area contributed by atoms with Crippen LogP contribution in [0.15, 0.2) is 48.7 Å². The van der Waals surface area contributed by atoms with Crippen molar-refractivity contribution in [3.63, 3.8) is 0 Å². The van der Waals surface area contributed by atoms with Crippen LogP contribution >= 0.6 is 11.6 Å². The molecule has 146 valence electrons. The standard InChI is InChI=1S/C22H23ClN2O3/c1-15-13-19(21(26)14-28-22(27)20-5-4-11-24(20)3)16(2)25(15)12-10-17-6-8-18(23)9-7-17/h4-9,11,13H,10,12,14H2,1-3H3. The number of ketones is 1. The second kappa shape index (κ2) is 8.48. The van der Waals surface area contributed by atoms with Gasteiger partial charge in [-0.1, -0.05) is 23.7 Å². The first-order valence-corrected chi connectivity index (χ1v) is 9.47. The Morgan fingerprint density at radius 1 is 1.11 bits per heavy atom. The number of hydrogen-bond donors (Lipinski definition) is 0. The second-order valence-corrected chi connectivity index (χ2v) is 7.25. The number of aromatic nitrogens is 2. The third kappa shape index (κ3) is 4.37. The summed E-state index contributed by atoms with van der Waals surface area (Å²) < 4.78 is 8.97. The summed E-state index contributed by atoms with van der Waals surface area (Å²) in [5.74, 6) is -0.703. The number of ether oxygens (including phenoxy) is 1. The number of nitrogens with zero attached hydrogens (tertiary/aromatic N) is 2. The molecule has 0 saturated heterocycles. The minimum absolute atomic E-state index is 0.201. The van der Waals surface area contributed by atoms with E-state index in [2.05, 4.69) is 4.57 Å². The fourth-order valence-electron chi connectivity index (χ4n) is 3.28. The predicted molar refractivity (Wildman–Crippen MR) is 109 cm³/mol. The molecular weight excluding hydrogens is 376 g/mol. The highest BCUT2D eigenvalue weighted by Gasteiger charge is 2.18. The van der Waals surface area contributed by atoms with Crippen molar-refractivity contribution >= 4 is 23.4 Å². The van der Waals surface area contributed by atoms with Gasteiger partial charge < -0.3 is 13.9 Å². The Hall–Kier alpha value is -2.79. The normalized spacial score (nSPS) is 10.9. The van der Waals surface area contributed by atoms with E-state index in [9.17, 15) is 9.59 Å². The molecule has 5 nitrogen and oxygen atoms in total. The molecule has 0 aliphatic rings. The van der Waals surface area contributed by atoms with Gasteiger partial charge in [-0.25, -0.2) is 4.79 Å². The SMILES string of the molecule is Cc1cc(C(=O)COC(=O)c2cccn2C)c(C)n1CCc1ccc(Cl)cc1. The number of aryl methyl sites for hydroxylation is 3. The van der Waals surface area contributed by atoms with Crippen molar-refractivity contribution in [2.24, 2.45) is 7.05 Å². The quantitative estimate of drug-likeness (QED) is 0.438. The molecule has 0 N–H and O–H groups in total. The molecule has 0 amide bonds. The number of hydrogen-bond acceptors (Lipinski definition) is 3. The Balaban J connectivity index is 1.65. The van der Waals surface area contributed by atoms with Crippen LogP contribution in [0.25, 0.3) is 0 Å². The van der Waals surface area contributed by atoms with E-state index in [4.69, 9.17) is 16.3 Å². The molecule has 3 aromatic rings. The minimum atomic E-state index is -0.502. The molecule has 1 aromatic carbocycles. The van der Waals surface area contributed by atoms with Gasteiger partial charge in [0.15, 0.2) is 6.61 Å². The van der Waals surface area contributed by atoms with Crippen LogP contribution < -0.4 is 0 Å². The molecule has 0 fully saturated rings. The van der Waals surface area contributed by atoms with E-state index in [1.165, 1.54) is 5.56 Å². The first kappa shape index (κ1) is 20.0. The molecule has 0 spiro atoms. The highest BCUT2D eigenvalue weighted by atomic mass is 35.5. The zero-order valence-corrected chi connectivity index (χ0v) is 17.0. The van der Waals surface area contributed by atoms with Gasteiger partial charge in [0.2, 0.25) is 5.78 Å². The lowest BCUT2D eigenvalue weighted by atomic mass is 10.1. The molecular formula is C22H23ClN2O3. The minimum Gasteiger partial charge on any atom is -0.453 e. The van der Waals surface area contributed by atoms with Gasteiger partial charge in [-0.15, -0.1) is 0 Å². The Bertz CT molecular complexity index is 999. The van der Waals surface area contributed by atoms with Crippen molar-refractivity contribution in [3.8, 4) is 0 Å². The molecule has 0 aliphatic carbocycles. The molecule has 0 saturated carbocycles. The first-order chi connectivity index (χ1) is 13.4. The van der Waals surface area contributed by atoms with Crippen molar-refractivity contribution in [1.82, 2.24) is 9.13 Å². The predicted octanol–water partition coefficient (Wildman–Crippen LogP) is 4.38. The van der Waals surface area contributed by atoms with Crippen LogP contribution in [0.2, 0.25) is 5.02 Å². The lowest BCUT2D eigenvalue weighted by molar-refractivity contribution is 0.0465. The topological polar surface area (TPSA) is 53.2 Å². The van der Waals surface area contributed by atoms with Gasteiger partial charge >= 0.3 is 5.97 Å². The summed E-state index contributed by atoms with van der Waals surface area (Å²) in [5, 5.41) is 0.717. The van der Waals surface area contributed by atoms with Crippen molar-refractivity contribution in [2.75, 3.05) is 6.61 Å². The summed E-state index contributed by atoms with van der Waals surface area (Å²) in [6.45, 7) is 4.38. The maximum atomic E-state index is 12.6. The molecule has 0 unspecified atom stereocenters.